The number of hydrogen-bond donors (Lipinski definition) is 0. The lowest BCUT2D eigenvalue weighted by Gasteiger charge is -2.03. The minimum Gasteiger partial charge on any atom is -0.207 e. The van der Waals surface area contributed by atoms with Gasteiger partial charge in [-0.25, -0.2) is 4.39 Å². The van der Waals surface area contributed by atoms with Gasteiger partial charge >= 0.3 is 0 Å². The summed E-state index contributed by atoms with van der Waals surface area (Å²) < 4.78 is 12.5. The second-order valence-corrected chi connectivity index (χ2v) is 2.39. The Bertz CT molecular complexity index is 132. The quantitative estimate of drug-likeness (QED) is 0.501. The van der Waals surface area contributed by atoms with Crippen LogP contribution in [-0.2, 0) is 0 Å². The molecule has 0 aromatic heterocycles. The minimum absolute atomic E-state index is 0.190. The van der Waals surface area contributed by atoms with E-state index in [1.165, 1.54) is 6.08 Å². The summed E-state index contributed by atoms with van der Waals surface area (Å²) in [5, 5.41) is 0. The van der Waals surface area contributed by atoms with Crippen molar-refractivity contribution in [1.29, 1.82) is 0 Å². The van der Waals surface area contributed by atoms with E-state index < -0.39 is 0 Å². The summed E-state index contributed by atoms with van der Waals surface area (Å²) in [7, 11) is 0. The fourth-order valence-corrected chi connectivity index (χ4v) is 0.437. The molecule has 0 aliphatic rings. The van der Waals surface area contributed by atoms with Crippen molar-refractivity contribution in [3.05, 3.63) is 24.1 Å². The van der Waals surface area contributed by atoms with Gasteiger partial charge < -0.3 is 0 Å². The number of rotatable bonds is 2. The molecule has 1 heteroatoms. The molecule has 0 saturated carbocycles. The zero-order valence-electron chi connectivity index (χ0n) is 6.24. The van der Waals surface area contributed by atoms with Gasteiger partial charge in [0.1, 0.15) is 5.83 Å². The van der Waals surface area contributed by atoms with Crippen LogP contribution < -0.4 is 0 Å². The molecule has 0 spiro atoms. The van der Waals surface area contributed by atoms with Gasteiger partial charge in [0, 0.05) is 0 Å². The van der Waals surface area contributed by atoms with Gasteiger partial charge in [0.15, 0.2) is 0 Å². The first-order valence-electron chi connectivity index (χ1n) is 3.08. The highest BCUT2D eigenvalue weighted by Gasteiger charge is 2.00. The van der Waals surface area contributed by atoms with Crippen molar-refractivity contribution < 1.29 is 4.39 Å². The van der Waals surface area contributed by atoms with Crippen LogP contribution in [0.25, 0.3) is 0 Å². The van der Waals surface area contributed by atoms with Crippen LogP contribution in [0.1, 0.15) is 20.8 Å². The van der Waals surface area contributed by atoms with Crippen LogP contribution in [-0.4, -0.2) is 0 Å². The Morgan fingerprint density at radius 1 is 1.56 bits per heavy atom. The highest BCUT2D eigenvalue weighted by atomic mass is 19.1. The molecule has 0 aliphatic heterocycles. The van der Waals surface area contributed by atoms with E-state index in [2.05, 4.69) is 6.58 Å². The molecule has 0 N–H and O–H groups in total. The van der Waals surface area contributed by atoms with Gasteiger partial charge in [0.25, 0.3) is 0 Å². The van der Waals surface area contributed by atoms with E-state index in [-0.39, 0.29) is 11.7 Å². The molecule has 0 aromatic carbocycles. The maximum Gasteiger partial charge on any atom is 0.121 e. The Labute approximate surface area is 56.1 Å². The van der Waals surface area contributed by atoms with Crippen molar-refractivity contribution in [1.82, 2.24) is 0 Å². The molecule has 0 rings (SSSR count). The summed E-state index contributed by atoms with van der Waals surface area (Å²) in [6.45, 7) is 9.02. The van der Waals surface area contributed by atoms with Gasteiger partial charge in [-0.05, 0) is 24.5 Å². The zero-order valence-corrected chi connectivity index (χ0v) is 6.24. The molecular weight excluding hydrogens is 115 g/mol. The normalized spacial score (nSPS) is 13.4. The van der Waals surface area contributed by atoms with Crippen molar-refractivity contribution in [2.75, 3.05) is 0 Å². The minimum atomic E-state index is -0.190. The van der Waals surface area contributed by atoms with Gasteiger partial charge in [-0.15, -0.1) is 0 Å². The van der Waals surface area contributed by atoms with Crippen LogP contribution in [0.15, 0.2) is 24.1 Å². The molecule has 0 bridgehead atoms. The summed E-state index contributed by atoms with van der Waals surface area (Å²) in [5.74, 6) is 0.0907. The highest BCUT2D eigenvalue weighted by Crippen LogP contribution is 2.14. The summed E-state index contributed by atoms with van der Waals surface area (Å²) >= 11 is 0. The molecule has 0 fully saturated rings. The molecule has 0 aliphatic carbocycles. The Morgan fingerprint density at radius 2 is 2.00 bits per heavy atom. The molecule has 0 aromatic rings. The van der Waals surface area contributed by atoms with E-state index >= 15 is 0 Å². The maximum absolute atomic E-state index is 12.5. The smallest absolute Gasteiger partial charge is 0.121 e. The summed E-state index contributed by atoms with van der Waals surface area (Å²) in [4.78, 5) is 0. The largest absolute Gasteiger partial charge is 0.207 e. The molecule has 0 radical (unpaired) electrons. The molecule has 0 atom stereocenters. The third-order valence-electron chi connectivity index (χ3n) is 1.42. The molecule has 52 valence electrons. The average molecular weight is 128 g/mol. The van der Waals surface area contributed by atoms with Gasteiger partial charge in [0.2, 0.25) is 0 Å². The molecule has 0 heterocycles. The lowest BCUT2D eigenvalue weighted by atomic mass is 10.0. The average Bonchev–Trinajstić information content (AvgIpc) is 1.84. The van der Waals surface area contributed by atoms with Crippen LogP contribution >= 0.6 is 0 Å². The van der Waals surface area contributed by atoms with E-state index in [0.717, 1.165) is 5.57 Å². The van der Waals surface area contributed by atoms with Crippen LogP contribution in [0.2, 0.25) is 0 Å². The topological polar surface area (TPSA) is 0 Å². The maximum atomic E-state index is 12.5. The van der Waals surface area contributed by atoms with Gasteiger partial charge in [0.05, 0.1) is 0 Å². The van der Waals surface area contributed by atoms with Crippen molar-refractivity contribution in [3.8, 4) is 0 Å². The Morgan fingerprint density at radius 3 is 2.11 bits per heavy atom. The lowest BCUT2D eigenvalue weighted by Crippen LogP contribution is -1.89. The first-order valence-corrected chi connectivity index (χ1v) is 3.08. The monoisotopic (exact) mass is 128 g/mol. The first-order chi connectivity index (χ1) is 4.09. The molecule has 0 saturated heterocycles. The molecular formula is C8H13F. The van der Waals surface area contributed by atoms with Crippen molar-refractivity contribution >= 4 is 0 Å². The second-order valence-electron chi connectivity index (χ2n) is 2.39. The van der Waals surface area contributed by atoms with Crippen LogP contribution in [0.3, 0.4) is 0 Å². The van der Waals surface area contributed by atoms with E-state index in [1.807, 2.05) is 13.8 Å². The fourth-order valence-electron chi connectivity index (χ4n) is 0.437. The van der Waals surface area contributed by atoms with Gasteiger partial charge in [-0.1, -0.05) is 20.4 Å². The van der Waals surface area contributed by atoms with Crippen molar-refractivity contribution in [3.63, 3.8) is 0 Å². The Hall–Kier alpha value is -0.590. The zero-order chi connectivity index (χ0) is 7.44. The second kappa shape index (κ2) is 3.44. The van der Waals surface area contributed by atoms with Crippen molar-refractivity contribution in [2.24, 2.45) is 5.92 Å². The summed E-state index contributed by atoms with van der Waals surface area (Å²) in [6, 6.07) is 0. The summed E-state index contributed by atoms with van der Waals surface area (Å²) in [6.07, 6.45) is 1.25. The number of allylic oxidation sites excluding steroid dienone is 3. The van der Waals surface area contributed by atoms with E-state index in [9.17, 15) is 4.39 Å². The van der Waals surface area contributed by atoms with E-state index in [0.29, 0.717) is 0 Å². The third kappa shape index (κ3) is 2.45. The molecule has 9 heavy (non-hydrogen) atoms. The lowest BCUT2D eigenvalue weighted by molar-refractivity contribution is 0.619. The third-order valence-corrected chi connectivity index (χ3v) is 1.42. The van der Waals surface area contributed by atoms with Crippen LogP contribution in [0.5, 0.6) is 0 Å². The highest BCUT2D eigenvalue weighted by molar-refractivity contribution is 5.16. The molecule has 0 amide bonds. The van der Waals surface area contributed by atoms with Gasteiger partial charge in [-0.3, -0.25) is 0 Å². The SMILES string of the molecule is C=CC(F)=C(C)C(C)C. The predicted octanol–water partition coefficient (Wildman–Crippen LogP) is 3.07. The first kappa shape index (κ1) is 8.41. The van der Waals surface area contributed by atoms with Gasteiger partial charge in [-0.2, -0.15) is 0 Å². The molecule has 0 unspecified atom stereocenters. The Kier molecular flexibility index (Phi) is 3.21. The fraction of sp³-hybridized carbons (Fsp3) is 0.500. The van der Waals surface area contributed by atoms with E-state index in [1.54, 1.807) is 6.92 Å². The van der Waals surface area contributed by atoms with E-state index in [4.69, 9.17) is 0 Å². The standard InChI is InChI=1S/C8H13F/c1-5-8(9)7(4)6(2)3/h5-6H,1H2,2-4H3. The Balaban J connectivity index is 4.27. The predicted molar refractivity (Wildman–Crippen MR) is 38.8 cm³/mol. The van der Waals surface area contributed by atoms with Crippen molar-refractivity contribution in [2.45, 2.75) is 20.8 Å². The van der Waals surface area contributed by atoms with Crippen LogP contribution in [0.4, 0.5) is 4.39 Å². The number of hydrogen-bond acceptors (Lipinski definition) is 0. The van der Waals surface area contributed by atoms with Crippen LogP contribution in [0, 0.1) is 5.92 Å². The molecule has 0 nitrogen and oxygen atoms in total. The number of halogens is 1. The summed E-state index contributed by atoms with van der Waals surface area (Å²) in [5.41, 5.74) is 0.769.